The average Bonchev–Trinajstić information content (AvgIpc) is 3.90. The van der Waals surface area contributed by atoms with E-state index in [1.54, 1.807) is 24.3 Å². The van der Waals surface area contributed by atoms with E-state index in [9.17, 15) is 56.2 Å². The van der Waals surface area contributed by atoms with Crippen LogP contribution in [0.2, 0.25) is 0 Å². The second kappa shape index (κ2) is 11.9. The molecule has 4 heterocycles. The molecule has 0 atom stereocenters. The highest BCUT2D eigenvalue weighted by Crippen LogP contribution is 2.26. The molecule has 0 bridgehead atoms. The van der Waals surface area contributed by atoms with Crippen molar-refractivity contribution in [3.8, 4) is 35.7 Å². The molecule has 1 aromatic heterocycles. The molecule has 13 nitrogen and oxygen atoms in total. The van der Waals surface area contributed by atoms with Crippen molar-refractivity contribution in [3.05, 3.63) is 132 Å². The van der Waals surface area contributed by atoms with Crippen LogP contribution in [0, 0.1) is 91.9 Å². The molecule has 3 aliphatic heterocycles. The second-order valence-electron chi connectivity index (χ2n) is 10.1. The predicted molar refractivity (Wildman–Crippen MR) is 148 cm³/mol. The Morgan fingerprint density at radius 2 is 0.846 bits per heavy atom. The van der Waals surface area contributed by atoms with Crippen molar-refractivity contribution in [2.45, 2.75) is 0 Å². The molecule has 4 aromatic rings. The van der Waals surface area contributed by atoms with Crippen molar-refractivity contribution < 1.29 is 35.1 Å². The summed E-state index contributed by atoms with van der Waals surface area (Å²) in [7, 11) is 0. The monoisotopic (exact) mass is 709 g/mol. The van der Waals surface area contributed by atoms with E-state index in [-0.39, 0.29) is 22.1 Å². The number of rotatable bonds is 3. The van der Waals surface area contributed by atoms with Crippen LogP contribution in [-0.4, -0.2) is 15.0 Å². The normalized spacial score (nSPS) is 13.0. The third kappa shape index (κ3) is 4.85. The van der Waals surface area contributed by atoms with Crippen LogP contribution in [-0.2, 0) is 0 Å². The molecule has 0 radical (unpaired) electrons. The van der Waals surface area contributed by atoms with Gasteiger partial charge in [-0.05, 0) is 18.2 Å². The number of hydrogen-bond donors (Lipinski definition) is 0. The minimum Gasteiger partial charge on any atom is -0.225 e. The SMILES string of the molecule is N#CC(C#N)=C1N=c2ccc(-c3nc(C(C#N)=C4N=c5c(F)c(F)c(F)c(F)c5=N4)nc(C(C#N)=C4N=c5c(F)c(F)c(F)c(F)c5=N4)n3)cc2=N1. The molecule has 0 saturated carbocycles. The fourth-order valence-electron chi connectivity index (χ4n) is 4.79. The minimum atomic E-state index is -2.22. The molecule has 0 spiro atoms. The highest BCUT2D eigenvalue weighted by molar-refractivity contribution is 5.80. The summed E-state index contributed by atoms with van der Waals surface area (Å²) >= 11 is 0. The zero-order valence-electron chi connectivity index (χ0n) is 24.6. The number of nitriles is 4. The number of halogens is 8. The van der Waals surface area contributed by atoms with E-state index in [0.29, 0.717) is 0 Å². The minimum absolute atomic E-state index is 0.0125. The Labute approximate surface area is 279 Å². The van der Waals surface area contributed by atoms with Gasteiger partial charge in [0, 0.05) is 5.56 Å². The highest BCUT2D eigenvalue weighted by Gasteiger charge is 2.28. The van der Waals surface area contributed by atoms with E-state index >= 15 is 0 Å². The van der Waals surface area contributed by atoms with E-state index in [2.05, 4.69) is 44.9 Å². The topological polar surface area (TPSA) is 208 Å². The van der Waals surface area contributed by atoms with Crippen molar-refractivity contribution in [1.29, 1.82) is 21.0 Å². The second-order valence-corrected chi connectivity index (χ2v) is 10.1. The molecule has 52 heavy (non-hydrogen) atoms. The quantitative estimate of drug-likeness (QED) is 0.132. The number of benzene rings is 3. The molecule has 0 unspecified atom stereocenters. The van der Waals surface area contributed by atoms with Crippen LogP contribution in [0.3, 0.4) is 0 Å². The van der Waals surface area contributed by atoms with Crippen molar-refractivity contribution >= 4 is 11.1 Å². The fourth-order valence-corrected chi connectivity index (χ4v) is 4.79. The number of nitrogens with zero attached hydrogens (tertiary/aromatic N) is 13. The van der Waals surface area contributed by atoms with E-state index in [1.807, 2.05) is 0 Å². The van der Waals surface area contributed by atoms with E-state index < -0.39 is 114 Å². The molecular weight excluding hydrogens is 706 g/mol. The smallest absolute Gasteiger partial charge is 0.199 e. The van der Waals surface area contributed by atoms with Crippen LogP contribution in [0.15, 0.2) is 71.2 Å². The maximum absolute atomic E-state index is 14.5. The molecule has 21 heteroatoms. The first kappa shape index (κ1) is 32.6. The Balaban J connectivity index is 1.52. The van der Waals surface area contributed by atoms with Crippen LogP contribution in [0.5, 0.6) is 0 Å². The molecular formula is C31H3F8N13. The van der Waals surface area contributed by atoms with Gasteiger partial charge in [-0.3, -0.25) is 0 Å². The molecule has 3 aromatic carbocycles. The van der Waals surface area contributed by atoms with E-state index in [4.69, 9.17) is 0 Å². The highest BCUT2D eigenvalue weighted by atomic mass is 19.2. The Morgan fingerprint density at radius 3 is 1.23 bits per heavy atom. The standard InChI is InChI=1S/C31H3F8N13/c32-14-15(33)19(37)23-22(18(14)36)46-28(47-23)10(6-42)30-50-26(8-1-2-12-13(3-8)45-27(44-12)9(4-40)5-41)51-31(52-30)11(7-43)29-48-24-20(38)16(34)17(35)21(39)25(24)49-29/h1-3H. The summed E-state index contributed by atoms with van der Waals surface area (Å²) in [6, 6.07) is 10.4. The van der Waals surface area contributed by atoms with Gasteiger partial charge in [0.25, 0.3) is 0 Å². The van der Waals surface area contributed by atoms with Gasteiger partial charge < -0.3 is 0 Å². The lowest BCUT2D eigenvalue weighted by Gasteiger charge is -2.07. The summed E-state index contributed by atoms with van der Waals surface area (Å²) in [6.45, 7) is 0. The van der Waals surface area contributed by atoms with Gasteiger partial charge >= 0.3 is 0 Å². The number of aromatic nitrogens is 3. The summed E-state index contributed by atoms with van der Waals surface area (Å²) in [4.78, 5) is 34.9. The Hall–Kier alpha value is -7.91. The van der Waals surface area contributed by atoms with Gasteiger partial charge in [0.1, 0.15) is 56.9 Å². The molecule has 0 amide bonds. The van der Waals surface area contributed by atoms with Crippen molar-refractivity contribution in [1.82, 2.24) is 15.0 Å². The third-order valence-electron chi connectivity index (χ3n) is 7.19. The van der Waals surface area contributed by atoms with Gasteiger partial charge in [0.15, 0.2) is 87.0 Å². The zero-order valence-corrected chi connectivity index (χ0v) is 24.6. The first-order valence-electron chi connectivity index (χ1n) is 13.7. The summed E-state index contributed by atoms with van der Waals surface area (Å²) < 4.78 is 114. The predicted octanol–water partition coefficient (Wildman–Crippen LogP) is 1.45. The molecule has 0 saturated heterocycles. The van der Waals surface area contributed by atoms with Gasteiger partial charge in [0.05, 0.1) is 10.7 Å². The van der Waals surface area contributed by atoms with Crippen LogP contribution >= 0.6 is 0 Å². The van der Waals surface area contributed by atoms with Crippen LogP contribution < -0.4 is 32.1 Å². The summed E-state index contributed by atoms with van der Waals surface area (Å²) in [5.74, 6) is -20.5. The van der Waals surface area contributed by atoms with Gasteiger partial charge in [-0.25, -0.2) is 80.0 Å². The largest absolute Gasteiger partial charge is 0.225 e. The number of allylic oxidation sites excluding steroid dienone is 3. The van der Waals surface area contributed by atoms with Crippen LogP contribution in [0.4, 0.5) is 35.1 Å². The van der Waals surface area contributed by atoms with Gasteiger partial charge in [-0.1, -0.05) is 0 Å². The maximum atomic E-state index is 14.5. The van der Waals surface area contributed by atoms with E-state index in [0.717, 1.165) is 0 Å². The van der Waals surface area contributed by atoms with Crippen molar-refractivity contribution in [2.75, 3.05) is 0 Å². The maximum Gasteiger partial charge on any atom is 0.199 e. The summed E-state index contributed by atoms with van der Waals surface area (Å²) in [6.07, 6.45) is 0. The summed E-state index contributed by atoms with van der Waals surface area (Å²) in [5, 5.41) is 34.4. The Morgan fingerprint density at radius 1 is 0.442 bits per heavy atom. The summed E-state index contributed by atoms with van der Waals surface area (Å²) in [5.41, 5.74) is -2.04. The van der Waals surface area contributed by atoms with E-state index in [1.165, 1.54) is 18.2 Å². The molecule has 0 fully saturated rings. The van der Waals surface area contributed by atoms with Crippen molar-refractivity contribution in [3.63, 3.8) is 0 Å². The van der Waals surface area contributed by atoms with Gasteiger partial charge in [-0.2, -0.15) is 21.0 Å². The molecule has 0 aliphatic carbocycles. The van der Waals surface area contributed by atoms with Gasteiger partial charge in [-0.15, -0.1) is 0 Å². The Bertz CT molecular complexity index is 2850. The third-order valence-corrected chi connectivity index (χ3v) is 7.19. The first-order valence-corrected chi connectivity index (χ1v) is 13.7. The first-order chi connectivity index (χ1) is 24.9. The lowest BCUT2D eigenvalue weighted by atomic mass is 10.1. The fraction of sp³-hybridized carbons (Fsp3) is 0. The number of fused-ring (bicyclic) bond motifs is 3. The molecule has 0 N–H and O–H groups in total. The molecule has 7 rings (SSSR count). The van der Waals surface area contributed by atoms with Crippen LogP contribution in [0.1, 0.15) is 11.6 Å². The zero-order chi connectivity index (χ0) is 37.2. The molecule has 248 valence electrons. The lowest BCUT2D eigenvalue weighted by molar-refractivity contribution is 0.399. The van der Waals surface area contributed by atoms with Gasteiger partial charge in [0.2, 0.25) is 0 Å². The Kier molecular flexibility index (Phi) is 7.47. The average molecular weight is 709 g/mol. The van der Waals surface area contributed by atoms with Crippen molar-refractivity contribution in [2.24, 2.45) is 30.0 Å². The lowest BCUT2D eigenvalue weighted by Crippen LogP contribution is -2.32. The number of hydrogen-bond acceptors (Lipinski definition) is 13. The molecule has 3 aliphatic rings. The van der Waals surface area contributed by atoms with Crippen LogP contribution in [0.25, 0.3) is 22.5 Å².